The second-order valence-electron chi connectivity index (χ2n) is 6.74. The smallest absolute Gasteiger partial charge is 0.315 e. The van der Waals surface area contributed by atoms with E-state index in [0.717, 1.165) is 42.0 Å². The zero-order valence-corrected chi connectivity index (χ0v) is 16.5. The molecule has 1 fully saturated rings. The summed E-state index contributed by atoms with van der Waals surface area (Å²) < 4.78 is 5.11. The third kappa shape index (κ3) is 6.01. The molecular formula is C23H25N3O3. The SMILES string of the molecule is COc1ccc(CNC(=O)NCC#Cc2ccc(N3CCCCC3=O)cc2)cc1. The number of benzene rings is 2. The summed E-state index contributed by atoms with van der Waals surface area (Å²) in [5.74, 6) is 6.91. The molecule has 0 spiro atoms. The summed E-state index contributed by atoms with van der Waals surface area (Å²) in [7, 11) is 1.62. The Kier molecular flexibility index (Phi) is 7.12. The van der Waals surface area contributed by atoms with E-state index in [9.17, 15) is 9.59 Å². The van der Waals surface area contributed by atoms with Gasteiger partial charge in [0, 0.05) is 30.8 Å². The topological polar surface area (TPSA) is 70.7 Å². The minimum absolute atomic E-state index is 0.180. The van der Waals surface area contributed by atoms with Crippen LogP contribution in [-0.2, 0) is 11.3 Å². The van der Waals surface area contributed by atoms with Crippen molar-refractivity contribution in [2.75, 3.05) is 25.1 Å². The third-order valence-corrected chi connectivity index (χ3v) is 4.68. The molecule has 2 aromatic carbocycles. The lowest BCUT2D eigenvalue weighted by atomic mass is 10.1. The summed E-state index contributed by atoms with van der Waals surface area (Å²) in [6, 6.07) is 14.9. The van der Waals surface area contributed by atoms with Crippen LogP contribution in [0.3, 0.4) is 0 Å². The van der Waals surface area contributed by atoms with Crippen LogP contribution >= 0.6 is 0 Å². The van der Waals surface area contributed by atoms with Gasteiger partial charge in [0.2, 0.25) is 5.91 Å². The molecule has 6 nitrogen and oxygen atoms in total. The third-order valence-electron chi connectivity index (χ3n) is 4.68. The molecule has 29 heavy (non-hydrogen) atoms. The van der Waals surface area contributed by atoms with Gasteiger partial charge in [-0.05, 0) is 54.8 Å². The Bertz CT molecular complexity index is 896. The van der Waals surface area contributed by atoms with E-state index in [1.807, 2.05) is 53.4 Å². The number of hydrogen-bond donors (Lipinski definition) is 2. The number of rotatable bonds is 5. The van der Waals surface area contributed by atoms with Crippen LogP contribution < -0.4 is 20.3 Å². The van der Waals surface area contributed by atoms with Gasteiger partial charge in [0.25, 0.3) is 0 Å². The van der Waals surface area contributed by atoms with Crippen LogP contribution in [-0.4, -0.2) is 32.1 Å². The normalized spacial score (nSPS) is 13.3. The first kappa shape index (κ1) is 20.3. The predicted octanol–water partition coefficient (Wildman–Crippen LogP) is 3.06. The van der Waals surface area contributed by atoms with Gasteiger partial charge in [0.15, 0.2) is 0 Å². The standard InChI is InChI=1S/C23H25N3O3/c1-29-21-13-9-19(10-14-21)17-25-23(28)24-15-4-5-18-7-11-20(12-8-18)26-16-3-2-6-22(26)27/h7-14H,2-3,6,15-17H2,1H3,(H2,24,25,28). The molecule has 0 aromatic heterocycles. The maximum absolute atomic E-state index is 12.0. The number of anilines is 1. The Balaban J connectivity index is 1.42. The van der Waals surface area contributed by atoms with Crippen molar-refractivity contribution in [2.45, 2.75) is 25.8 Å². The van der Waals surface area contributed by atoms with Gasteiger partial charge in [-0.15, -0.1) is 0 Å². The van der Waals surface area contributed by atoms with Gasteiger partial charge < -0.3 is 20.3 Å². The molecular weight excluding hydrogens is 366 g/mol. The van der Waals surface area contributed by atoms with E-state index >= 15 is 0 Å². The Hall–Kier alpha value is -3.46. The Morgan fingerprint density at radius 1 is 1.07 bits per heavy atom. The lowest BCUT2D eigenvalue weighted by Gasteiger charge is -2.26. The average molecular weight is 391 g/mol. The minimum atomic E-state index is -0.269. The number of piperidine rings is 1. The van der Waals surface area contributed by atoms with Crippen LogP contribution in [0.15, 0.2) is 48.5 Å². The number of amides is 3. The van der Waals surface area contributed by atoms with E-state index in [-0.39, 0.29) is 18.5 Å². The van der Waals surface area contributed by atoms with E-state index in [1.165, 1.54) is 0 Å². The van der Waals surface area contributed by atoms with Crippen LogP contribution in [0.5, 0.6) is 5.75 Å². The molecule has 0 aliphatic carbocycles. The number of nitrogens with zero attached hydrogens (tertiary/aromatic N) is 1. The fourth-order valence-electron chi connectivity index (χ4n) is 3.06. The van der Waals surface area contributed by atoms with E-state index < -0.39 is 0 Å². The quantitative estimate of drug-likeness (QED) is 0.770. The lowest BCUT2D eigenvalue weighted by molar-refractivity contribution is -0.119. The average Bonchev–Trinajstić information content (AvgIpc) is 2.76. The highest BCUT2D eigenvalue weighted by Gasteiger charge is 2.19. The van der Waals surface area contributed by atoms with Gasteiger partial charge >= 0.3 is 6.03 Å². The van der Waals surface area contributed by atoms with Gasteiger partial charge in [-0.3, -0.25) is 4.79 Å². The molecule has 0 bridgehead atoms. The van der Waals surface area contributed by atoms with Crippen molar-refractivity contribution < 1.29 is 14.3 Å². The zero-order chi connectivity index (χ0) is 20.5. The number of carbonyl (C=O) groups is 2. The highest BCUT2D eigenvalue weighted by molar-refractivity contribution is 5.94. The van der Waals surface area contributed by atoms with Gasteiger partial charge in [-0.2, -0.15) is 0 Å². The first-order valence-electron chi connectivity index (χ1n) is 9.69. The second-order valence-corrected chi connectivity index (χ2v) is 6.74. The largest absolute Gasteiger partial charge is 0.497 e. The molecule has 0 radical (unpaired) electrons. The second kappa shape index (κ2) is 10.2. The van der Waals surface area contributed by atoms with Gasteiger partial charge in [-0.25, -0.2) is 4.79 Å². The molecule has 2 N–H and O–H groups in total. The number of hydrogen-bond acceptors (Lipinski definition) is 3. The number of urea groups is 1. The van der Waals surface area contributed by atoms with E-state index in [4.69, 9.17) is 4.74 Å². The summed E-state index contributed by atoms with van der Waals surface area (Å²) in [6.45, 7) is 1.46. The zero-order valence-electron chi connectivity index (χ0n) is 16.5. The Morgan fingerprint density at radius 2 is 1.83 bits per heavy atom. The summed E-state index contributed by atoms with van der Waals surface area (Å²) in [5, 5.41) is 5.50. The Labute approximate surface area is 171 Å². The number of ether oxygens (including phenoxy) is 1. The monoisotopic (exact) mass is 391 g/mol. The van der Waals surface area contributed by atoms with Crippen LogP contribution in [0.25, 0.3) is 0 Å². The van der Waals surface area contributed by atoms with Crippen molar-refractivity contribution in [3.63, 3.8) is 0 Å². The molecule has 150 valence electrons. The molecule has 0 saturated carbocycles. The molecule has 6 heteroatoms. The number of carbonyl (C=O) groups excluding carboxylic acids is 2. The fraction of sp³-hybridized carbons (Fsp3) is 0.304. The highest BCUT2D eigenvalue weighted by Crippen LogP contribution is 2.21. The maximum atomic E-state index is 12.0. The summed E-state index contributed by atoms with van der Waals surface area (Å²) in [4.78, 5) is 25.7. The molecule has 3 rings (SSSR count). The molecule has 2 aromatic rings. The van der Waals surface area contributed by atoms with E-state index in [0.29, 0.717) is 13.0 Å². The first-order valence-corrected chi connectivity index (χ1v) is 9.69. The molecule has 3 amide bonds. The molecule has 1 aliphatic rings. The molecule has 1 aliphatic heterocycles. The maximum Gasteiger partial charge on any atom is 0.315 e. The van der Waals surface area contributed by atoms with Gasteiger partial charge in [0.05, 0.1) is 13.7 Å². The fourth-order valence-corrected chi connectivity index (χ4v) is 3.06. The van der Waals surface area contributed by atoms with Gasteiger partial charge in [-0.1, -0.05) is 24.0 Å². The van der Waals surface area contributed by atoms with Gasteiger partial charge in [0.1, 0.15) is 5.75 Å². The molecule has 1 saturated heterocycles. The molecule has 0 unspecified atom stereocenters. The van der Waals surface area contributed by atoms with Crippen molar-refractivity contribution in [3.8, 4) is 17.6 Å². The summed E-state index contributed by atoms with van der Waals surface area (Å²) >= 11 is 0. The van der Waals surface area contributed by atoms with Crippen molar-refractivity contribution in [1.82, 2.24) is 10.6 Å². The highest BCUT2D eigenvalue weighted by atomic mass is 16.5. The van der Waals surface area contributed by atoms with E-state index in [1.54, 1.807) is 7.11 Å². The minimum Gasteiger partial charge on any atom is -0.497 e. The van der Waals surface area contributed by atoms with Crippen LogP contribution in [0.1, 0.15) is 30.4 Å². The summed E-state index contributed by atoms with van der Waals surface area (Å²) in [5.41, 5.74) is 2.74. The summed E-state index contributed by atoms with van der Waals surface area (Å²) in [6.07, 6.45) is 2.63. The van der Waals surface area contributed by atoms with Crippen LogP contribution in [0.2, 0.25) is 0 Å². The molecule has 1 heterocycles. The van der Waals surface area contributed by atoms with Crippen molar-refractivity contribution >= 4 is 17.6 Å². The number of methoxy groups -OCH3 is 1. The van der Waals surface area contributed by atoms with E-state index in [2.05, 4.69) is 22.5 Å². The predicted molar refractivity (Wildman–Crippen MR) is 113 cm³/mol. The Morgan fingerprint density at radius 3 is 2.52 bits per heavy atom. The first-order chi connectivity index (χ1) is 14.2. The van der Waals surface area contributed by atoms with Crippen molar-refractivity contribution in [1.29, 1.82) is 0 Å². The van der Waals surface area contributed by atoms with Crippen LogP contribution in [0, 0.1) is 11.8 Å². The molecule has 0 atom stereocenters. The van der Waals surface area contributed by atoms with Crippen LogP contribution in [0.4, 0.5) is 10.5 Å². The number of nitrogens with one attached hydrogen (secondary N) is 2. The van der Waals surface area contributed by atoms with Crippen molar-refractivity contribution in [2.24, 2.45) is 0 Å². The lowest BCUT2D eigenvalue weighted by Crippen LogP contribution is -2.35. The van der Waals surface area contributed by atoms with Crippen molar-refractivity contribution in [3.05, 3.63) is 59.7 Å².